The number of halogens is 1. The van der Waals surface area contributed by atoms with Crippen molar-refractivity contribution in [1.82, 2.24) is 10.5 Å². The lowest BCUT2D eigenvalue weighted by molar-refractivity contribution is -0.120. The number of rotatable bonds is 5. The van der Waals surface area contributed by atoms with Crippen molar-refractivity contribution in [3.05, 3.63) is 64.5 Å². The van der Waals surface area contributed by atoms with Crippen LogP contribution in [0.4, 0.5) is 0 Å². The van der Waals surface area contributed by atoms with Crippen molar-refractivity contribution in [2.45, 2.75) is 19.4 Å². The van der Waals surface area contributed by atoms with Crippen LogP contribution in [0.1, 0.15) is 22.9 Å². The van der Waals surface area contributed by atoms with Gasteiger partial charge < -0.3 is 14.9 Å². The molecule has 2 N–H and O–H groups in total. The molecule has 1 heterocycles. The van der Waals surface area contributed by atoms with Crippen molar-refractivity contribution in [2.75, 3.05) is 6.54 Å². The number of aromatic nitrogens is 1. The number of benzene rings is 2. The number of aryl methyl sites for hydroxylation is 1. The first kappa shape index (κ1) is 16.5. The van der Waals surface area contributed by atoms with E-state index in [0.29, 0.717) is 11.3 Å². The highest BCUT2D eigenvalue weighted by atomic mass is 35.5. The molecule has 3 rings (SSSR count). The zero-order chi connectivity index (χ0) is 17.1. The molecule has 1 atom stereocenters. The van der Waals surface area contributed by atoms with E-state index >= 15 is 0 Å². The summed E-state index contributed by atoms with van der Waals surface area (Å²) < 4.78 is 4.82. The Morgan fingerprint density at radius 3 is 2.75 bits per heavy atom. The molecule has 124 valence electrons. The molecule has 0 radical (unpaired) electrons. The second-order valence-electron chi connectivity index (χ2n) is 5.62. The molecule has 0 saturated carbocycles. The summed E-state index contributed by atoms with van der Waals surface area (Å²) in [4.78, 5) is 12.0. The van der Waals surface area contributed by atoms with Gasteiger partial charge in [0.15, 0.2) is 0 Å². The first-order valence-corrected chi connectivity index (χ1v) is 7.96. The van der Waals surface area contributed by atoms with Crippen LogP contribution in [-0.4, -0.2) is 22.7 Å². The van der Waals surface area contributed by atoms with Gasteiger partial charge >= 0.3 is 0 Å². The lowest BCUT2D eigenvalue weighted by atomic mass is 10.0. The van der Waals surface area contributed by atoms with Gasteiger partial charge in [0, 0.05) is 12.1 Å². The minimum Gasteiger partial charge on any atom is -0.387 e. The predicted molar refractivity (Wildman–Crippen MR) is 91.9 cm³/mol. The van der Waals surface area contributed by atoms with E-state index in [-0.39, 0.29) is 24.1 Å². The molecule has 1 amide bonds. The van der Waals surface area contributed by atoms with Gasteiger partial charge in [-0.25, -0.2) is 0 Å². The number of amides is 1. The van der Waals surface area contributed by atoms with E-state index in [2.05, 4.69) is 10.5 Å². The SMILES string of the molecule is Cc1noc(Cl)c1CC(=O)NC[C@@H](O)c1ccc2ccccc2c1. The molecule has 6 heteroatoms. The van der Waals surface area contributed by atoms with Gasteiger partial charge in [0.1, 0.15) is 0 Å². The van der Waals surface area contributed by atoms with E-state index in [1.165, 1.54) is 0 Å². The Hall–Kier alpha value is -2.37. The Kier molecular flexibility index (Phi) is 4.83. The molecular weight excluding hydrogens is 328 g/mol. The van der Waals surface area contributed by atoms with Crippen molar-refractivity contribution in [3.8, 4) is 0 Å². The van der Waals surface area contributed by atoms with E-state index < -0.39 is 6.10 Å². The highest BCUT2D eigenvalue weighted by Gasteiger charge is 2.16. The maximum atomic E-state index is 12.0. The molecule has 0 spiro atoms. The average Bonchev–Trinajstić information content (AvgIpc) is 2.91. The zero-order valence-electron chi connectivity index (χ0n) is 13.1. The van der Waals surface area contributed by atoms with Crippen LogP contribution in [-0.2, 0) is 11.2 Å². The summed E-state index contributed by atoms with van der Waals surface area (Å²) in [7, 11) is 0. The Morgan fingerprint density at radius 1 is 1.29 bits per heavy atom. The molecule has 1 aromatic heterocycles. The van der Waals surface area contributed by atoms with Crippen LogP contribution in [0.5, 0.6) is 0 Å². The lowest BCUT2D eigenvalue weighted by Gasteiger charge is -2.13. The van der Waals surface area contributed by atoms with Crippen molar-refractivity contribution in [1.29, 1.82) is 0 Å². The van der Waals surface area contributed by atoms with Crippen LogP contribution in [0.2, 0.25) is 5.22 Å². The fraction of sp³-hybridized carbons (Fsp3) is 0.222. The Labute approximate surface area is 144 Å². The third-order valence-electron chi connectivity index (χ3n) is 3.92. The van der Waals surface area contributed by atoms with E-state index in [9.17, 15) is 9.90 Å². The number of nitrogens with zero attached hydrogens (tertiary/aromatic N) is 1. The minimum atomic E-state index is -0.780. The Bertz CT molecular complexity index is 856. The lowest BCUT2D eigenvalue weighted by Crippen LogP contribution is -2.29. The smallest absolute Gasteiger partial charge is 0.229 e. The van der Waals surface area contributed by atoms with Gasteiger partial charge in [0.05, 0.1) is 18.2 Å². The molecule has 0 bridgehead atoms. The second-order valence-corrected chi connectivity index (χ2v) is 5.97. The first-order valence-electron chi connectivity index (χ1n) is 7.58. The summed E-state index contributed by atoms with van der Waals surface area (Å²) in [5.41, 5.74) is 1.91. The van der Waals surface area contributed by atoms with E-state index in [1.54, 1.807) is 6.92 Å². The highest BCUT2D eigenvalue weighted by molar-refractivity contribution is 6.29. The second kappa shape index (κ2) is 7.03. The number of aliphatic hydroxyl groups excluding tert-OH is 1. The van der Waals surface area contributed by atoms with Crippen molar-refractivity contribution in [3.63, 3.8) is 0 Å². The van der Waals surface area contributed by atoms with Crippen LogP contribution in [0.25, 0.3) is 10.8 Å². The molecule has 0 saturated heterocycles. The summed E-state index contributed by atoms with van der Waals surface area (Å²) in [6.07, 6.45) is -0.712. The van der Waals surface area contributed by atoms with Gasteiger partial charge in [-0.15, -0.1) is 0 Å². The molecular formula is C18H17ClN2O3. The number of hydrogen-bond acceptors (Lipinski definition) is 4. The molecule has 24 heavy (non-hydrogen) atoms. The van der Waals surface area contributed by atoms with E-state index in [4.69, 9.17) is 16.1 Å². The average molecular weight is 345 g/mol. The first-order chi connectivity index (χ1) is 11.5. The standard InChI is InChI=1S/C18H17ClN2O3/c1-11-15(18(19)24-21-11)9-17(23)20-10-16(22)14-7-6-12-4-2-3-5-13(12)8-14/h2-8,16,22H,9-10H2,1H3,(H,20,23)/t16-/m1/s1. The third-order valence-corrected chi connectivity index (χ3v) is 4.22. The van der Waals surface area contributed by atoms with Gasteiger partial charge in [-0.1, -0.05) is 41.6 Å². The topological polar surface area (TPSA) is 75.4 Å². The summed E-state index contributed by atoms with van der Waals surface area (Å²) in [6.45, 7) is 1.85. The quantitative estimate of drug-likeness (QED) is 0.745. The normalized spacial score (nSPS) is 12.3. The van der Waals surface area contributed by atoms with Gasteiger partial charge in [-0.2, -0.15) is 0 Å². The molecule has 0 aliphatic rings. The van der Waals surface area contributed by atoms with Gasteiger partial charge in [-0.05, 0) is 40.9 Å². The van der Waals surface area contributed by atoms with Gasteiger partial charge in [0.25, 0.3) is 0 Å². The number of fused-ring (bicyclic) bond motifs is 1. The molecule has 2 aromatic carbocycles. The zero-order valence-corrected chi connectivity index (χ0v) is 13.9. The number of hydrogen-bond donors (Lipinski definition) is 2. The number of nitrogens with one attached hydrogen (secondary N) is 1. The van der Waals surface area contributed by atoms with Crippen LogP contribution in [0, 0.1) is 6.92 Å². The van der Waals surface area contributed by atoms with Crippen LogP contribution in [0.3, 0.4) is 0 Å². The molecule has 0 fully saturated rings. The molecule has 5 nitrogen and oxygen atoms in total. The number of carbonyl (C=O) groups excluding carboxylic acids is 1. The van der Waals surface area contributed by atoms with E-state index in [1.807, 2.05) is 42.5 Å². The predicted octanol–water partition coefficient (Wildman–Crippen LogP) is 3.18. The maximum Gasteiger partial charge on any atom is 0.229 e. The maximum absolute atomic E-state index is 12.0. The number of carbonyl (C=O) groups is 1. The Balaban J connectivity index is 1.61. The largest absolute Gasteiger partial charge is 0.387 e. The molecule has 0 unspecified atom stereocenters. The minimum absolute atomic E-state index is 0.0681. The summed E-state index contributed by atoms with van der Waals surface area (Å²) in [6, 6.07) is 13.7. The fourth-order valence-electron chi connectivity index (χ4n) is 2.52. The summed E-state index contributed by atoms with van der Waals surface area (Å²) in [5.74, 6) is -0.247. The molecule has 0 aliphatic carbocycles. The van der Waals surface area contributed by atoms with Crippen molar-refractivity contribution in [2.24, 2.45) is 0 Å². The van der Waals surface area contributed by atoms with Gasteiger partial charge in [-0.3, -0.25) is 4.79 Å². The van der Waals surface area contributed by atoms with Gasteiger partial charge in [0.2, 0.25) is 11.1 Å². The Morgan fingerprint density at radius 2 is 2.04 bits per heavy atom. The molecule has 3 aromatic rings. The van der Waals surface area contributed by atoms with Crippen LogP contribution >= 0.6 is 11.6 Å². The van der Waals surface area contributed by atoms with Crippen molar-refractivity contribution < 1.29 is 14.4 Å². The van der Waals surface area contributed by atoms with Crippen LogP contribution < -0.4 is 5.32 Å². The summed E-state index contributed by atoms with van der Waals surface area (Å²) in [5, 5.41) is 19.0. The summed E-state index contributed by atoms with van der Waals surface area (Å²) >= 11 is 5.84. The van der Waals surface area contributed by atoms with E-state index in [0.717, 1.165) is 16.3 Å². The highest BCUT2D eigenvalue weighted by Crippen LogP contribution is 2.21. The monoisotopic (exact) mass is 344 g/mol. The third kappa shape index (κ3) is 3.58. The van der Waals surface area contributed by atoms with Crippen LogP contribution in [0.15, 0.2) is 47.0 Å². The fourth-order valence-corrected chi connectivity index (χ4v) is 2.76. The molecule has 0 aliphatic heterocycles. The van der Waals surface area contributed by atoms with Crippen molar-refractivity contribution >= 4 is 28.3 Å². The number of aliphatic hydroxyl groups is 1.